The Morgan fingerprint density at radius 1 is 1.13 bits per heavy atom. The van der Waals surface area contributed by atoms with Gasteiger partial charge in [0.15, 0.2) is 5.65 Å². The summed E-state index contributed by atoms with van der Waals surface area (Å²) in [6.07, 6.45) is 7.06. The Bertz CT molecular complexity index is 971. The van der Waals surface area contributed by atoms with Gasteiger partial charge in [-0.25, -0.2) is 4.98 Å². The Labute approximate surface area is 185 Å². The molecule has 3 aliphatic rings. The van der Waals surface area contributed by atoms with E-state index in [2.05, 4.69) is 48.3 Å². The van der Waals surface area contributed by atoms with Crippen LogP contribution < -0.4 is 15.5 Å². The van der Waals surface area contributed by atoms with E-state index in [0.717, 1.165) is 63.3 Å². The van der Waals surface area contributed by atoms with Gasteiger partial charge in [0.1, 0.15) is 5.82 Å². The van der Waals surface area contributed by atoms with Gasteiger partial charge in [-0.2, -0.15) is 9.61 Å². The molecule has 1 saturated carbocycles. The summed E-state index contributed by atoms with van der Waals surface area (Å²) in [5.74, 6) is 1.40. The number of nitrogens with zero attached hydrogens (tertiary/aromatic N) is 4. The maximum atomic E-state index is 13.1. The van der Waals surface area contributed by atoms with Crippen LogP contribution in [0.2, 0.25) is 0 Å². The molecular formula is C24H36N6O. The van der Waals surface area contributed by atoms with E-state index >= 15 is 0 Å². The van der Waals surface area contributed by atoms with E-state index in [1.54, 1.807) is 0 Å². The number of carbonyl (C=O) groups excluding carboxylic acids is 1. The molecule has 0 radical (unpaired) electrons. The van der Waals surface area contributed by atoms with Gasteiger partial charge in [-0.1, -0.05) is 27.7 Å². The second-order valence-corrected chi connectivity index (χ2v) is 11.4. The summed E-state index contributed by atoms with van der Waals surface area (Å²) >= 11 is 0. The van der Waals surface area contributed by atoms with Crippen LogP contribution in [0, 0.1) is 16.7 Å². The fourth-order valence-corrected chi connectivity index (χ4v) is 6.42. The lowest BCUT2D eigenvalue weighted by Crippen LogP contribution is -2.57. The molecule has 0 aromatic carbocycles. The minimum atomic E-state index is 0.0477. The average Bonchev–Trinajstić information content (AvgIpc) is 2.94. The Hall–Kier alpha value is -2.15. The Morgan fingerprint density at radius 2 is 1.84 bits per heavy atom. The van der Waals surface area contributed by atoms with Crippen molar-refractivity contribution < 1.29 is 4.79 Å². The van der Waals surface area contributed by atoms with Gasteiger partial charge in [0, 0.05) is 43.7 Å². The van der Waals surface area contributed by atoms with Crippen LogP contribution in [0.15, 0.2) is 12.3 Å². The molecule has 2 N–H and O–H groups in total. The molecule has 168 valence electrons. The lowest BCUT2D eigenvalue weighted by molar-refractivity contribution is -0.127. The van der Waals surface area contributed by atoms with Crippen molar-refractivity contribution in [1.29, 1.82) is 0 Å². The number of hydrogen-bond donors (Lipinski definition) is 2. The van der Waals surface area contributed by atoms with Gasteiger partial charge >= 0.3 is 0 Å². The molecule has 1 aliphatic carbocycles. The van der Waals surface area contributed by atoms with Crippen molar-refractivity contribution in [2.75, 3.05) is 31.1 Å². The molecule has 0 unspecified atom stereocenters. The van der Waals surface area contributed by atoms with Gasteiger partial charge in [-0.15, -0.1) is 0 Å². The zero-order valence-electron chi connectivity index (χ0n) is 19.4. The van der Waals surface area contributed by atoms with Gasteiger partial charge < -0.3 is 15.5 Å². The zero-order valence-corrected chi connectivity index (χ0v) is 19.4. The Kier molecular flexibility index (Phi) is 5.00. The first kappa shape index (κ1) is 20.7. The van der Waals surface area contributed by atoms with Gasteiger partial charge in [0.25, 0.3) is 0 Å². The van der Waals surface area contributed by atoms with Gasteiger partial charge in [0.05, 0.1) is 17.8 Å². The highest BCUT2D eigenvalue weighted by Gasteiger charge is 2.41. The number of rotatable bonds is 3. The summed E-state index contributed by atoms with van der Waals surface area (Å²) in [4.78, 5) is 20.2. The lowest BCUT2D eigenvalue weighted by atomic mass is 9.63. The summed E-state index contributed by atoms with van der Waals surface area (Å²) in [5.41, 5.74) is 3.91. The van der Waals surface area contributed by atoms with Crippen molar-refractivity contribution >= 4 is 17.4 Å². The van der Waals surface area contributed by atoms with Crippen LogP contribution in [0.3, 0.4) is 0 Å². The van der Waals surface area contributed by atoms with Crippen LogP contribution in [-0.2, 0) is 17.6 Å². The lowest BCUT2D eigenvalue weighted by Gasteiger charge is -2.46. The van der Waals surface area contributed by atoms with Crippen molar-refractivity contribution in [2.24, 2.45) is 16.7 Å². The number of nitrogens with one attached hydrogen (secondary N) is 2. The van der Waals surface area contributed by atoms with E-state index < -0.39 is 0 Å². The van der Waals surface area contributed by atoms with Crippen molar-refractivity contribution in [2.45, 2.75) is 65.8 Å². The van der Waals surface area contributed by atoms with Crippen LogP contribution in [0.5, 0.6) is 0 Å². The summed E-state index contributed by atoms with van der Waals surface area (Å²) < 4.78 is 1.96. The smallest absolute Gasteiger partial charge is 0.226 e. The molecule has 7 nitrogen and oxygen atoms in total. The molecule has 0 atom stereocenters. The average molecular weight is 425 g/mol. The predicted molar refractivity (Wildman–Crippen MR) is 122 cm³/mol. The van der Waals surface area contributed by atoms with Crippen molar-refractivity contribution in [3.63, 3.8) is 0 Å². The molecule has 2 aromatic heterocycles. The second-order valence-electron chi connectivity index (χ2n) is 11.4. The molecule has 2 aromatic rings. The van der Waals surface area contributed by atoms with E-state index in [9.17, 15) is 4.79 Å². The molecule has 4 heterocycles. The molecule has 5 rings (SSSR count). The first-order chi connectivity index (χ1) is 14.7. The quantitative estimate of drug-likeness (QED) is 0.792. The van der Waals surface area contributed by atoms with Crippen molar-refractivity contribution in [3.05, 3.63) is 23.5 Å². The maximum Gasteiger partial charge on any atom is 0.226 e. The molecule has 1 saturated heterocycles. The summed E-state index contributed by atoms with van der Waals surface area (Å²) in [5, 5.41) is 11.4. The topological polar surface area (TPSA) is 74.6 Å². The van der Waals surface area contributed by atoms with Crippen molar-refractivity contribution in [1.82, 2.24) is 25.2 Å². The largest absolute Gasteiger partial charge is 0.354 e. The number of anilines is 1. The fourth-order valence-electron chi connectivity index (χ4n) is 6.42. The third-order valence-electron chi connectivity index (χ3n) is 7.23. The number of carbonyl (C=O) groups is 1. The monoisotopic (exact) mass is 424 g/mol. The first-order valence-electron chi connectivity index (χ1n) is 11.8. The normalized spacial score (nSPS) is 23.8. The van der Waals surface area contributed by atoms with E-state index in [-0.39, 0.29) is 28.7 Å². The standard InChI is InChI=1S/C24H36N6O/c1-23(2)11-17(12-24(3,4)15-23)27-21(31)16-13-29(14-16)22-18-5-8-25-9-6-19(18)28-20-7-10-26-30(20)22/h7,10,16-17,25H,5-6,8-9,11-15H2,1-4H3,(H,27,31). The predicted octanol–water partition coefficient (Wildman–Crippen LogP) is 2.57. The Balaban J connectivity index is 1.30. The second kappa shape index (κ2) is 7.47. The molecular weight excluding hydrogens is 388 g/mol. The molecule has 2 aliphatic heterocycles. The van der Waals surface area contributed by atoms with Crippen LogP contribution in [0.25, 0.3) is 5.65 Å². The first-order valence-corrected chi connectivity index (χ1v) is 11.8. The Morgan fingerprint density at radius 3 is 2.58 bits per heavy atom. The highest BCUT2D eigenvalue weighted by molar-refractivity contribution is 5.82. The number of aromatic nitrogens is 3. The highest BCUT2D eigenvalue weighted by Crippen LogP contribution is 2.45. The van der Waals surface area contributed by atoms with Crippen LogP contribution in [-0.4, -0.2) is 52.7 Å². The van der Waals surface area contributed by atoms with E-state index in [1.165, 1.54) is 17.7 Å². The summed E-state index contributed by atoms with van der Waals surface area (Å²) in [6, 6.07) is 2.25. The molecule has 31 heavy (non-hydrogen) atoms. The van der Waals surface area contributed by atoms with Crippen LogP contribution in [0.4, 0.5) is 5.82 Å². The van der Waals surface area contributed by atoms with Gasteiger partial charge in [-0.3, -0.25) is 4.79 Å². The summed E-state index contributed by atoms with van der Waals surface area (Å²) in [7, 11) is 0. The third-order valence-corrected chi connectivity index (χ3v) is 7.23. The molecule has 0 spiro atoms. The summed E-state index contributed by atoms with van der Waals surface area (Å²) in [6.45, 7) is 12.8. The SMILES string of the molecule is CC1(C)CC(NC(=O)C2CN(c3c4c(nc5ccnn35)CCNCC4)C2)CC(C)(C)C1. The van der Waals surface area contributed by atoms with E-state index in [4.69, 9.17) is 4.98 Å². The van der Waals surface area contributed by atoms with Crippen LogP contribution in [0.1, 0.15) is 58.2 Å². The van der Waals surface area contributed by atoms with E-state index in [1.807, 2.05) is 16.8 Å². The number of hydrogen-bond acceptors (Lipinski definition) is 5. The van der Waals surface area contributed by atoms with E-state index in [0.29, 0.717) is 0 Å². The van der Waals surface area contributed by atoms with Gasteiger partial charge in [-0.05, 0) is 43.1 Å². The molecule has 0 bridgehead atoms. The van der Waals surface area contributed by atoms with Crippen LogP contribution >= 0.6 is 0 Å². The number of amides is 1. The minimum absolute atomic E-state index is 0.0477. The fraction of sp³-hybridized carbons (Fsp3) is 0.708. The third kappa shape index (κ3) is 4.04. The van der Waals surface area contributed by atoms with Crippen molar-refractivity contribution in [3.8, 4) is 0 Å². The molecule has 2 fully saturated rings. The molecule has 1 amide bonds. The van der Waals surface area contributed by atoms with Gasteiger partial charge in [0.2, 0.25) is 5.91 Å². The minimum Gasteiger partial charge on any atom is -0.354 e. The highest BCUT2D eigenvalue weighted by atomic mass is 16.2. The number of fused-ring (bicyclic) bond motifs is 2. The maximum absolute atomic E-state index is 13.1. The molecule has 7 heteroatoms. The zero-order chi connectivity index (χ0) is 21.8.